The van der Waals surface area contributed by atoms with E-state index in [1.807, 2.05) is 0 Å². The van der Waals surface area contributed by atoms with E-state index >= 15 is 0 Å². The Labute approximate surface area is 344 Å². The van der Waals surface area contributed by atoms with Crippen molar-refractivity contribution in [2.24, 2.45) is 0 Å². The molecule has 0 saturated heterocycles. The van der Waals surface area contributed by atoms with Gasteiger partial charge in [0.1, 0.15) is 0 Å². The molecule has 0 aliphatic rings. The first-order valence-corrected chi connectivity index (χ1v) is 24.5. The Morgan fingerprint density at radius 3 is 0.691 bits per heavy atom. The zero-order chi connectivity index (χ0) is 40.2. The zero-order valence-electron chi connectivity index (χ0n) is 38.1. The third kappa shape index (κ3) is 35.4. The van der Waals surface area contributed by atoms with E-state index in [0.717, 1.165) is 51.4 Å². The summed E-state index contributed by atoms with van der Waals surface area (Å²) in [6.45, 7) is 16.1. The molecular formula is C48H98O7. The summed E-state index contributed by atoms with van der Waals surface area (Å²) >= 11 is 0. The average Bonchev–Trinajstić information content (AvgIpc) is 3.20. The van der Waals surface area contributed by atoms with Crippen molar-refractivity contribution in [2.75, 3.05) is 40.0 Å². The molecule has 0 atom stereocenters. The number of hydrogen-bond acceptors (Lipinski definition) is 7. The molecule has 0 spiro atoms. The van der Waals surface area contributed by atoms with Crippen molar-refractivity contribution >= 4 is 0 Å². The van der Waals surface area contributed by atoms with Crippen LogP contribution in [0.1, 0.15) is 260 Å². The number of unbranched alkanes of at least 4 members (excludes halogenated alkanes) is 26. The summed E-state index contributed by atoms with van der Waals surface area (Å²) in [6, 6.07) is 0. The maximum absolute atomic E-state index is 6.52. The van der Waals surface area contributed by atoms with Gasteiger partial charge in [0.05, 0.1) is 26.4 Å². The predicted octanol–water partition coefficient (Wildman–Crippen LogP) is 15.7. The second-order valence-electron chi connectivity index (χ2n) is 16.2. The summed E-state index contributed by atoms with van der Waals surface area (Å²) in [5.74, 6) is -2.19. The summed E-state index contributed by atoms with van der Waals surface area (Å²) in [7, 11) is 0. The third-order valence-corrected chi connectivity index (χ3v) is 10.7. The van der Waals surface area contributed by atoms with E-state index in [0.29, 0.717) is 39.3 Å². The number of hydrogen-bond donors (Lipinski definition) is 0. The largest absolute Gasteiger partial charge is 0.329 e. The first kappa shape index (κ1) is 54.7. The van der Waals surface area contributed by atoms with E-state index in [1.165, 1.54) is 154 Å². The van der Waals surface area contributed by atoms with E-state index in [2.05, 4.69) is 41.5 Å². The molecule has 0 aliphatic heterocycles. The Bertz CT molecular complexity index is 622. The Morgan fingerprint density at radius 2 is 0.455 bits per heavy atom. The Morgan fingerprint density at radius 1 is 0.236 bits per heavy atom. The molecule has 55 heavy (non-hydrogen) atoms. The van der Waals surface area contributed by atoms with Gasteiger partial charge in [-0.05, 0) is 38.5 Å². The zero-order valence-corrected chi connectivity index (χ0v) is 38.1. The van der Waals surface area contributed by atoms with E-state index in [4.69, 9.17) is 33.2 Å². The fourth-order valence-corrected chi connectivity index (χ4v) is 6.91. The fourth-order valence-electron chi connectivity index (χ4n) is 6.91. The highest BCUT2D eigenvalue weighted by Gasteiger charge is 2.35. The van der Waals surface area contributed by atoms with Crippen LogP contribution in [0, 0.1) is 0 Å². The van der Waals surface area contributed by atoms with Crippen LogP contribution < -0.4 is 0 Å². The quantitative estimate of drug-likeness (QED) is 0.0449. The first-order valence-electron chi connectivity index (χ1n) is 24.5. The molecule has 0 amide bonds. The van der Waals surface area contributed by atoms with Gasteiger partial charge in [0.2, 0.25) is 0 Å². The summed E-state index contributed by atoms with van der Waals surface area (Å²) < 4.78 is 45.0. The molecule has 0 rings (SSSR count). The molecule has 7 heteroatoms. The summed E-state index contributed by atoms with van der Waals surface area (Å²) in [6.07, 6.45) is 40.1. The van der Waals surface area contributed by atoms with Crippen LogP contribution in [0.15, 0.2) is 0 Å². The van der Waals surface area contributed by atoms with Crippen LogP contribution in [0.25, 0.3) is 0 Å². The molecule has 7 nitrogen and oxygen atoms in total. The summed E-state index contributed by atoms with van der Waals surface area (Å²) in [5.41, 5.74) is 0. The van der Waals surface area contributed by atoms with Gasteiger partial charge in [-0.15, -0.1) is 0 Å². The van der Waals surface area contributed by atoms with Gasteiger partial charge in [0.15, 0.2) is 13.6 Å². The topological polar surface area (TPSA) is 64.6 Å². The first-order chi connectivity index (χ1) is 27.1. The van der Waals surface area contributed by atoms with Crippen LogP contribution in [0.3, 0.4) is 0 Å². The van der Waals surface area contributed by atoms with Crippen molar-refractivity contribution in [3.05, 3.63) is 0 Å². The molecule has 0 aromatic heterocycles. The smallest absolute Gasteiger partial charge is 0.284 e. The minimum absolute atomic E-state index is 0.0249. The van der Waals surface area contributed by atoms with Gasteiger partial charge in [-0.1, -0.05) is 208 Å². The van der Waals surface area contributed by atoms with Crippen molar-refractivity contribution in [2.45, 2.75) is 272 Å². The highest BCUT2D eigenvalue weighted by atomic mass is 16.9. The van der Waals surface area contributed by atoms with Crippen molar-refractivity contribution in [3.63, 3.8) is 0 Å². The minimum atomic E-state index is -1.10. The van der Waals surface area contributed by atoms with E-state index < -0.39 is 11.9 Å². The predicted molar refractivity (Wildman–Crippen MR) is 233 cm³/mol. The van der Waals surface area contributed by atoms with Crippen molar-refractivity contribution < 1.29 is 33.2 Å². The monoisotopic (exact) mass is 787 g/mol. The van der Waals surface area contributed by atoms with Crippen LogP contribution in [-0.4, -0.2) is 52.0 Å². The molecule has 0 unspecified atom stereocenters. The van der Waals surface area contributed by atoms with Gasteiger partial charge in [-0.3, -0.25) is 0 Å². The molecule has 0 bridgehead atoms. The molecule has 0 radical (unpaired) electrons. The third-order valence-electron chi connectivity index (χ3n) is 10.7. The molecule has 0 N–H and O–H groups in total. The molecule has 0 aliphatic carbocycles. The van der Waals surface area contributed by atoms with E-state index in [1.54, 1.807) is 0 Å². The second-order valence-corrected chi connectivity index (χ2v) is 16.2. The fraction of sp³-hybridized carbons (Fsp3) is 1.00. The molecule has 0 aromatic rings. The summed E-state index contributed by atoms with van der Waals surface area (Å²) in [4.78, 5) is 0. The van der Waals surface area contributed by atoms with Gasteiger partial charge in [-0.25, -0.2) is 0 Å². The molecule has 0 saturated carbocycles. The van der Waals surface area contributed by atoms with Gasteiger partial charge >= 0.3 is 0 Å². The van der Waals surface area contributed by atoms with Crippen LogP contribution in [0.2, 0.25) is 0 Å². The van der Waals surface area contributed by atoms with Crippen LogP contribution in [-0.2, 0) is 33.2 Å². The van der Waals surface area contributed by atoms with E-state index in [-0.39, 0.29) is 13.6 Å². The van der Waals surface area contributed by atoms with Crippen molar-refractivity contribution in [1.82, 2.24) is 0 Å². The lowest BCUT2D eigenvalue weighted by Crippen LogP contribution is -2.42. The summed E-state index contributed by atoms with van der Waals surface area (Å²) in [5, 5.41) is 0. The normalized spacial score (nSPS) is 12.3. The molecule has 0 heterocycles. The lowest BCUT2D eigenvalue weighted by Gasteiger charge is -2.35. The highest BCUT2D eigenvalue weighted by molar-refractivity contribution is 4.62. The number of rotatable bonds is 48. The Hall–Kier alpha value is -0.280. The van der Waals surface area contributed by atoms with Crippen LogP contribution in [0.5, 0.6) is 0 Å². The highest BCUT2D eigenvalue weighted by Crippen LogP contribution is 2.27. The lowest BCUT2D eigenvalue weighted by atomic mass is 10.1. The average molecular weight is 787 g/mol. The minimum Gasteiger partial charge on any atom is -0.329 e. The maximum Gasteiger partial charge on any atom is 0.284 e. The molecule has 0 aromatic carbocycles. The SMILES string of the molecule is CCCCCCCCCOC(CCCC)(OCCCCCCCCC)OCOCOC(CCCC)(OCCCCCCCCC)OCCCCCCCCC. The number of ether oxygens (including phenoxy) is 7. The Kier molecular flexibility index (Phi) is 43.1. The molecular weight excluding hydrogens is 689 g/mol. The van der Waals surface area contributed by atoms with Gasteiger partial charge in [0.25, 0.3) is 11.9 Å². The standard InChI is InChI=1S/C48H98O7/c1-7-13-19-23-27-31-35-41-50-47(39-17-11-5,51-42-36-32-28-24-20-14-8-2)54-45-49-46-55-48(40-18-12-6,52-43-37-33-29-25-21-15-9-3)53-44-38-34-30-26-22-16-10-4/h7-46H2,1-6H3. The van der Waals surface area contributed by atoms with Gasteiger partial charge in [0, 0.05) is 12.8 Å². The Balaban J connectivity index is 5.40. The van der Waals surface area contributed by atoms with Gasteiger partial charge < -0.3 is 33.2 Å². The second kappa shape index (κ2) is 43.3. The van der Waals surface area contributed by atoms with Crippen molar-refractivity contribution in [3.8, 4) is 0 Å². The van der Waals surface area contributed by atoms with Crippen molar-refractivity contribution in [1.29, 1.82) is 0 Å². The molecule has 0 fully saturated rings. The lowest BCUT2D eigenvalue weighted by molar-refractivity contribution is -0.425. The molecule has 332 valence electrons. The van der Waals surface area contributed by atoms with Crippen LogP contribution in [0.4, 0.5) is 0 Å². The van der Waals surface area contributed by atoms with E-state index in [9.17, 15) is 0 Å². The van der Waals surface area contributed by atoms with Gasteiger partial charge in [-0.2, -0.15) is 0 Å². The van der Waals surface area contributed by atoms with Crippen LogP contribution >= 0.6 is 0 Å². The maximum atomic E-state index is 6.52.